The largest absolute Gasteiger partial charge is 0.497 e. The summed E-state index contributed by atoms with van der Waals surface area (Å²) in [7, 11) is 3.03. The Hall–Kier alpha value is -3.57. The van der Waals surface area contributed by atoms with Crippen LogP contribution in [0.5, 0.6) is 11.5 Å². The summed E-state index contributed by atoms with van der Waals surface area (Å²) in [6, 6.07) is 11.8. The van der Waals surface area contributed by atoms with Gasteiger partial charge in [0.25, 0.3) is 5.91 Å². The first-order valence-corrected chi connectivity index (χ1v) is 12.1. The first kappa shape index (κ1) is 25.1. The molecule has 0 bridgehead atoms. The fraction of sp³-hybridized carbons (Fsp3) is 0.217. The van der Waals surface area contributed by atoms with Gasteiger partial charge in [0.15, 0.2) is 5.13 Å². The normalized spacial score (nSPS) is 10.3. The molecule has 3 rings (SSSR count). The van der Waals surface area contributed by atoms with E-state index in [0.29, 0.717) is 39.3 Å². The summed E-state index contributed by atoms with van der Waals surface area (Å²) in [5.41, 5.74) is 2.44. The Morgan fingerprint density at radius 3 is 2.32 bits per heavy atom. The summed E-state index contributed by atoms with van der Waals surface area (Å²) in [4.78, 5) is 40.3. The van der Waals surface area contributed by atoms with E-state index in [1.165, 1.54) is 37.1 Å². The average Bonchev–Trinajstić information content (AvgIpc) is 3.26. The van der Waals surface area contributed by atoms with Crippen LogP contribution in [0.1, 0.15) is 23.0 Å². The molecule has 178 valence electrons. The third-order valence-electron chi connectivity index (χ3n) is 4.40. The molecule has 0 atom stereocenters. The van der Waals surface area contributed by atoms with E-state index >= 15 is 0 Å². The fourth-order valence-electron chi connectivity index (χ4n) is 2.87. The number of rotatable bonds is 10. The topological polar surface area (TPSA) is 119 Å². The molecule has 1 aromatic heterocycles. The minimum absolute atomic E-state index is 0.146. The van der Waals surface area contributed by atoms with Crippen LogP contribution in [0.2, 0.25) is 0 Å². The van der Waals surface area contributed by atoms with E-state index < -0.39 is 0 Å². The summed E-state index contributed by atoms with van der Waals surface area (Å²) >= 11 is 2.72. The second-order valence-electron chi connectivity index (χ2n) is 6.96. The molecular formula is C23H24N4O5S2. The number of benzene rings is 2. The third-order valence-corrected chi connectivity index (χ3v) is 6.17. The number of nitrogens with zero attached hydrogens (tertiary/aromatic N) is 1. The van der Waals surface area contributed by atoms with Crippen LogP contribution in [0.25, 0.3) is 0 Å². The standard InChI is InChI=1S/C23H24N4O5S2/c1-14(28)24-15-4-6-16(7-5-15)25-21(29)13-33-11-17-12-34-23(26-17)27-22(30)19-9-8-18(31-2)10-20(19)32-3/h4-10,12H,11,13H2,1-3H3,(H,24,28)(H,25,29)(H,26,27,30). The lowest BCUT2D eigenvalue weighted by Crippen LogP contribution is -2.14. The minimum Gasteiger partial charge on any atom is -0.497 e. The summed E-state index contributed by atoms with van der Waals surface area (Å²) < 4.78 is 10.4. The molecule has 9 nitrogen and oxygen atoms in total. The molecule has 3 amide bonds. The van der Waals surface area contributed by atoms with Gasteiger partial charge in [-0.1, -0.05) is 0 Å². The number of methoxy groups -OCH3 is 2. The smallest absolute Gasteiger partial charge is 0.261 e. The highest BCUT2D eigenvalue weighted by molar-refractivity contribution is 7.99. The van der Waals surface area contributed by atoms with Crippen LogP contribution < -0.4 is 25.4 Å². The van der Waals surface area contributed by atoms with Crippen LogP contribution in [0, 0.1) is 0 Å². The van der Waals surface area contributed by atoms with E-state index in [9.17, 15) is 14.4 Å². The molecule has 0 spiro atoms. The van der Waals surface area contributed by atoms with E-state index in [4.69, 9.17) is 9.47 Å². The Kier molecular flexibility index (Phi) is 8.88. The molecule has 34 heavy (non-hydrogen) atoms. The van der Waals surface area contributed by atoms with E-state index in [-0.39, 0.29) is 23.5 Å². The van der Waals surface area contributed by atoms with Crippen molar-refractivity contribution in [3.63, 3.8) is 0 Å². The van der Waals surface area contributed by atoms with Crippen molar-refractivity contribution in [1.82, 2.24) is 4.98 Å². The number of thiazole rings is 1. The molecule has 0 aliphatic heterocycles. The number of amides is 3. The van der Waals surface area contributed by atoms with Gasteiger partial charge in [-0.25, -0.2) is 4.98 Å². The van der Waals surface area contributed by atoms with Crippen LogP contribution in [0.4, 0.5) is 16.5 Å². The molecular weight excluding hydrogens is 476 g/mol. The van der Waals surface area contributed by atoms with Gasteiger partial charge in [-0.3, -0.25) is 19.7 Å². The number of aromatic nitrogens is 1. The van der Waals surface area contributed by atoms with Crippen molar-refractivity contribution in [3.05, 3.63) is 59.1 Å². The molecule has 0 saturated carbocycles. The minimum atomic E-state index is -0.336. The van der Waals surface area contributed by atoms with Crippen LogP contribution in [-0.2, 0) is 15.3 Å². The number of hydrogen-bond donors (Lipinski definition) is 3. The van der Waals surface area contributed by atoms with E-state index in [0.717, 1.165) is 5.69 Å². The first-order chi connectivity index (χ1) is 16.4. The zero-order valence-electron chi connectivity index (χ0n) is 18.8. The summed E-state index contributed by atoms with van der Waals surface area (Å²) in [6.45, 7) is 1.43. The fourth-order valence-corrected chi connectivity index (χ4v) is 4.39. The van der Waals surface area contributed by atoms with E-state index in [1.807, 2.05) is 5.38 Å². The van der Waals surface area contributed by atoms with Gasteiger partial charge >= 0.3 is 0 Å². The highest BCUT2D eigenvalue weighted by atomic mass is 32.2. The van der Waals surface area contributed by atoms with Crippen molar-refractivity contribution in [2.45, 2.75) is 12.7 Å². The van der Waals surface area contributed by atoms with Crippen molar-refractivity contribution in [3.8, 4) is 11.5 Å². The van der Waals surface area contributed by atoms with E-state index in [1.54, 1.807) is 49.6 Å². The highest BCUT2D eigenvalue weighted by Crippen LogP contribution is 2.26. The summed E-state index contributed by atoms with van der Waals surface area (Å²) in [6.07, 6.45) is 0. The van der Waals surface area contributed by atoms with Gasteiger partial charge in [0.1, 0.15) is 11.5 Å². The molecule has 0 fully saturated rings. The number of thioether (sulfide) groups is 1. The van der Waals surface area contributed by atoms with Crippen molar-refractivity contribution < 1.29 is 23.9 Å². The predicted octanol–water partition coefficient (Wildman–Crippen LogP) is 4.24. The molecule has 0 unspecified atom stereocenters. The molecule has 0 saturated heterocycles. The highest BCUT2D eigenvalue weighted by Gasteiger charge is 2.15. The van der Waals surface area contributed by atoms with E-state index in [2.05, 4.69) is 20.9 Å². The van der Waals surface area contributed by atoms with Gasteiger partial charge in [-0.15, -0.1) is 23.1 Å². The lowest BCUT2D eigenvalue weighted by Gasteiger charge is -2.09. The number of carbonyl (C=O) groups is 3. The van der Waals surface area contributed by atoms with Gasteiger partial charge in [0, 0.05) is 35.5 Å². The molecule has 3 aromatic rings. The number of anilines is 3. The Labute approximate surface area is 205 Å². The Morgan fingerprint density at radius 2 is 1.68 bits per heavy atom. The van der Waals surface area contributed by atoms with Gasteiger partial charge in [0.05, 0.1) is 31.2 Å². The van der Waals surface area contributed by atoms with Gasteiger partial charge in [-0.2, -0.15) is 0 Å². The van der Waals surface area contributed by atoms with Gasteiger partial charge in [0.2, 0.25) is 11.8 Å². The maximum absolute atomic E-state index is 12.6. The molecule has 0 aliphatic carbocycles. The van der Waals surface area contributed by atoms with Crippen molar-refractivity contribution >= 4 is 57.3 Å². The molecule has 0 radical (unpaired) electrons. The third kappa shape index (κ3) is 7.22. The maximum Gasteiger partial charge on any atom is 0.261 e. The van der Waals surface area contributed by atoms with Gasteiger partial charge < -0.3 is 20.1 Å². The zero-order valence-corrected chi connectivity index (χ0v) is 20.5. The van der Waals surface area contributed by atoms with Crippen LogP contribution in [-0.4, -0.2) is 42.7 Å². The monoisotopic (exact) mass is 500 g/mol. The predicted molar refractivity (Wildman–Crippen MR) is 135 cm³/mol. The summed E-state index contributed by atoms with van der Waals surface area (Å²) in [5.74, 6) is 1.12. The zero-order chi connectivity index (χ0) is 24.5. The number of hydrogen-bond acceptors (Lipinski definition) is 8. The number of carbonyl (C=O) groups excluding carboxylic acids is 3. The average molecular weight is 501 g/mol. The van der Waals surface area contributed by atoms with Crippen LogP contribution >= 0.6 is 23.1 Å². The Bertz CT molecular complexity index is 1160. The molecule has 1 heterocycles. The van der Waals surface area contributed by atoms with Crippen molar-refractivity contribution in [2.24, 2.45) is 0 Å². The molecule has 3 N–H and O–H groups in total. The number of nitrogens with one attached hydrogen (secondary N) is 3. The van der Waals surface area contributed by atoms with Crippen molar-refractivity contribution in [2.75, 3.05) is 35.9 Å². The van der Waals surface area contributed by atoms with Gasteiger partial charge in [-0.05, 0) is 36.4 Å². The summed E-state index contributed by atoms with van der Waals surface area (Å²) in [5, 5.41) is 10.6. The lowest BCUT2D eigenvalue weighted by atomic mass is 10.2. The molecule has 11 heteroatoms. The maximum atomic E-state index is 12.6. The molecule has 2 aromatic carbocycles. The quantitative estimate of drug-likeness (QED) is 0.381. The van der Waals surface area contributed by atoms with Crippen LogP contribution in [0.15, 0.2) is 47.8 Å². The van der Waals surface area contributed by atoms with Crippen molar-refractivity contribution in [1.29, 1.82) is 0 Å². The number of ether oxygens (including phenoxy) is 2. The first-order valence-electron chi connectivity index (χ1n) is 10.1. The van der Waals surface area contributed by atoms with Crippen LogP contribution in [0.3, 0.4) is 0 Å². The molecule has 0 aliphatic rings. The lowest BCUT2D eigenvalue weighted by molar-refractivity contribution is -0.114. The Morgan fingerprint density at radius 1 is 0.971 bits per heavy atom. The second kappa shape index (κ2) is 12.1. The SMILES string of the molecule is COc1ccc(C(=O)Nc2nc(CSCC(=O)Nc3ccc(NC(C)=O)cc3)cs2)c(OC)c1. The Balaban J connectivity index is 1.46. The second-order valence-corrected chi connectivity index (χ2v) is 8.81.